The van der Waals surface area contributed by atoms with Crippen LogP contribution in [0.2, 0.25) is 0 Å². The SMILES string of the molecule is CCCCCCN(C(=O)OC)C1CCN(CC[C@H](CN(C)S(=O)(=O)c2ccccc2)c2ccccc2)CC1. The number of ether oxygens (including phenoxy) is 1. The zero-order chi connectivity index (χ0) is 27.4. The molecule has 3 rings (SSSR count). The van der Waals surface area contributed by atoms with Crippen LogP contribution >= 0.6 is 0 Å². The standard InChI is InChI=1S/C30H45N3O4S/c1-4-5-6-13-21-33(30(34)37-3)28-19-23-32(24-20-28)22-18-27(26-14-9-7-10-15-26)25-31(2)38(35,36)29-16-11-8-12-17-29/h7-12,14-17,27-28H,4-6,13,18-25H2,1-3H3/t27-/m1/s1. The second-order valence-electron chi connectivity index (χ2n) is 10.3. The van der Waals surface area contributed by atoms with Crippen LogP contribution in [0.1, 0.15) is 63.4 Å². The molecule has 1 aliphatic rings. The Morgan fingerprint density at radius 3 is 2.24 bits per heavy atom. The summed E-state index contributed by atoms with van der Waals surface area (Å²) in [5.74, 6) is 0.0857. The van der Waals surface area contributed by atoms with E-state index in [1.807, 2.05) is 29.2 Å². The highest BCUT2D eigenvalue weighted by molar-refractivity contribution is 7.89. The molecule has 1 heterocycles. The van der Waals surface area contributed by atoms with Crippen LogP contribution in [0.25, 0.3) is 0 Å². The molecule has 8 heteroatoms. The zero-order valence-corrected chi connectivity index (χ0v) is 24.1. The van der Waals surface area contributed by atoms with Crippen LogP contribution in [-0.2, 0) is 14.8 Å². The lowest BCUT2D eigenvalue weighted by Crippen LogP contribution is -2.48. The smallest absolute Gasteiger partial charge is 0.409 e. The van der Waals surface area contributed by atoms with Gasteiger partial charge in [-0.2, -0.15) is 0 Å². The minimum Gasteiger partial charge on any atom is -0.453 e. The van der Waals surface area contributed by atoms with E-state index in [-0.39, 0.29) is 18.1 Å². The quantitative estimate of drug-likeness (QED) is 0.290. The van der Waals surface area contributed by atoms with Crippen molar-refractivity contribution in [1.29, 1.82) is 0 Å². The zero-order valence-electron chi connectivity index (χ0n) is 23.3. The van der Waals surface area contributed by atoms with Crippen LogP contribution < -0.4 is 0 Å². The maximum atomic E-state index is 13.2. The monoisotopic (exact) mass is 543 g/mol. The number of carbonyl (C=O) groups is 1. The number of amides is 1. The van der Waals surface area contributed by atoms with E-state index >= 15 is 0 Å². The largest absolute Gasteiger partial charge is 0.453 e. The fourth-order valence-electron chi connectivity index (χ4n) is 5.31. The van der Waals surface area contributed by atoms with E-state index in [0.29, 0.717) is 11.4 Å². The van der Waals surface area contributed by atoms with Crippen LogP contribution in [0.5, 0.6) is 0 Å². The Morgan fingerprint density at radius 2 is 1.63 bits per heavy atom. The van der Waals surface area contributed by atoms with Gasteiger partial charge in [0.25, 0.3) is 0 Å². The molecule has 0 unspecified atom stereocenters. The average Bonchev–Trinajstić information content (AvgIpc) is 2.96. The fraction of sp³-hybridized carbons (Fsp3) is 0.567. The first-order chi connectivity index (χ1) is 18.4. The number of rotatable bonds is 14. The summed E-state index contributed by atoms with van der Waals surface area (Å²) in [4.78, 5) is 17.2. The van der Waals surface area contributed by atoms with Gasteiger partial charge >= 0.3 is 6.09 Å². The molecule has 0 aromatic heterocycles. The topological polar surface area (TPSA) is 70.2 Å². The van der Waals surface area contributed by atoms with Gasteiger partial charge in [-0.15, -0.1) is 0 Å². The number of benzene rings is 2. The van der Waals surface area contributed by atoms with Gasteiger partial charge in [-0.3, -0.25) is 0 Å². The average molecular weight is 544 g/mol. The second kappa shape index (κ2) is 15.2. The van der Waals surface area contributed by atoms with E-state index in [1.54, 1.807) is 31.3 Å². The van der Waals surface area contributed by atoms with Crippen molar-refractivity contribution in [2.45, 2.75) is 68.7 Å². The van der Waals surface area contributed by atoms with Crippen molar-refractivity contribution >= 4 is 16.1 Å². The van der Waals surface area contributed by atoms with E-state index in [0.717, 1.165) is 63.8 Å². The number of likely N-dealkylation sites (N-methyl/N-ethyl adjacent to an activating group) is 1. The Morgan fingerprint density at radius 1 is 1.00 bits per heavy atom. The van der Waals surface area contributed by atoms with Crippen LogP contribution in [0.15, 0.2) is 65.6 Å². The number of hydrogen-bond donors (Lipinski definition) is 0. The lowest BCUT2D eigenvalue weighted by atomic mass is 9.94. The van der Waals surface area contributed by atoms with Gasteiger partial charge in [0.15, 0.2) is 0 Å². The van der Waals surface area contributed by atoms with E-state index in [2.05, 4.69) is 24.0 Å². The Kier molecular flexibility index (Phi) is 12.1. The van der Waals surface area contributed by atoms with E-state index in [9.17, 15) is 13.2 Å². The van der Waals surface area contributed by atoms with E-state index in [1.165, 1.54) is 24.3 Å². The van der Waals surface area contributed by atoms with Crippen molar-refractivity contribution in [2.24, 2.45) is 0 Å². The molecule has 38 heavy (non-hydrogen) atoms. The minimum absolute atomic E-state index is 0.0857. The number of methoxy groups -OCH3 is 1. The van der Waals surface area contributed by atoms with Gasteiger partial charge < -0.3 is 14.5 Å². The Bertz CT molecular complexity index is 1060. The van der Waals surface area contributed by atoms with Gasteiger partial charge in [0.05, 0.1) is 12.0 Å². The number of hydrogen-bond acceptors (Lipinski definition) is 5. The molecule has 0 bridgehead atoms. The maximum Gasteiger partial charge on any atom is 0.409 e. The summed E-state index contributed by atoms with van der Waals surface area (Å²) in [7, 11) is -0.414. The predicted molar refractivity (Wildman–Crippen MR) is 153 cm³/mol. The van der Waals surface area contributed by atoms with Gasteiger partial charge in [-0.1, -0.05) is 74.7 Å². The van der Waals surface area contributed by atoms with Gasteiger partial charge in [0.2, 0.25) is 10.0 Å². The normalized spacial score (nSPS) is 15.9. The lowest BCUT2D eigenvalue weighted by molar-refractivity contribution is 0.0762. The molecule has 0 spiro atoms. The number of piperidine rings is 1. The summed E-state index contributed by atoms with van der Waals surface area (Å²) in [6, 6.07) is 19.0. The van der Waals surface area contributed by atoms with Crippen molar-refractivity contribution in [3.8, 4) is 0 Å². The molecule has 0 aliphatic carbocycles. The van der Waals surface area contributed by atoms with E-state index < -0.39 is 10.0 Å². The van der Waals surface area contributed by atoms with Crippen molar-refractivity contribution in [1.82, 2.24) is 14.1 Å². The molecule has 1 saturated heterocycles. The van der Waals surface area contributed by atoms with Crippen LogP contribution in [-0.4, -0.2) is 81.5 Å². The number of nitrogens with zero attached hydrogens (tertiary/aromatic N) is 3. The fourth-order valence-corrected chi connectivity index (χ4v) is 6.55. The number of unbranched alkanes of at least 4 members (excludes halogenated alkanes) is 3. The molecule has 1 fully saturated rings. The Balaban J connectivity index is 1.59. The van der Waals surface area contributed by atoms with Gasteiger partial charge in [-0.05, 0) is 55.8 Å². The molecule has 7 nitrogen and oxygen atoms in total. The van der Waals surface area contributed by atoms with Gasteiger partial charge in [0.1, 0.15) is 0 Å². The van der Waals surface area contributed by atoms with Crippen molar-refractivity contribution < 1.29 is 17.9 Å². The summed E-state index contributed by atoms with van der Waals surface area (Å²) < 4.78 is 32.9. The molecular formula is C30H45N3O4S. The molecule has 2 aromatic carbocycles. The summed E-state index contributed by atoms with van der Waals surface area (Å²) in [5, 5.41) is 0. The maximum absolute atomic E-state index is 13.2. The minimum atomic E-state index is -3.55. The summed E-state index contributed by atoms with van der Waals surface area (Å²) >= 11 is 0. The molecule has 0 N–H and O–H groups in total. The Labute approximate surface area is 229 Å². The molecule has 210 valence electrons. The molecule has 1 atom stereocenters. The first-order valence-corrected chi connectivity index (χ1v) is 15.4. The van der Waals surface area contributed by atoms with Crippen LogP contribution in [0.4, 0.5) is 4.79 Å². The highest BCUT2D eigenvalue weighted by atomic mass is 32.2. The highest BCUT2D eigenvalue weighted by Crippen LogP contribution is 2.26. The molecule has 0 radical (unpaired) electrons. The number of likely N-dealkylation sites (tertiary alicyclic amines) is 1. The lowest BCUT2D eigenvalue weighted by Gasteiger charge is -2.38. The summed E-state index contributed by atoms with van der Waals surface area (Å²) in [6.45, 7) is 6.11. The summed E-state index contributed by atoms with van der Waals surface area (Å²) in [6.07, 6.45) is 7.03. The third-order valence-corrected chi connectivity index (χ3v) is 9.49. The molecular weight excluding hydrogens is 498 g/mol. The van der Waals surface area contributed by atoms with Crippen molar-refractivity contribution in [3.63, 3.8) is 0 Å². The Hall–Kier alpha value is -2.42. The molecule has 0 saturated carbocycles. The molecule has 2 aromatic rings. The third-order valence-electron chi connectivity index (χ3n) is 7.65. The van der Waals surface area contributed by atoms with Crippen LogP contribution in [0, 0.1) is 0 Å². The summed E-state index contributed by atoms with van der Waals surface area (Å²) in [5.41, 5.74) is 1.15. The van der Waals surface area contributed by atoms with Crippen molar-refractivity contribution in [2.75, 3.05) is 46.9 Å². The van der Waals surface area contributed by atoms with Crippen LogP contribution in [0.3, 0.4) is 0 Å². The van der Waals surface area contributed by atoms with E-state index in [4.69, 9.17) is 4.74 Å². The first-order valence-electron chi connectivity index (χ1n) is 14.0. The highest BCUT2D eigenvalue weighted by Gasteiger charge is 2.29. The number of carbonyl (C=O) groups excluding carboxylic acids is 1. The number of sulfonamides is 1. The predicted octanol–water partition coefficient (Wildman–Crippen LogP) is 5.59. The van der Waals surface area contributed by atoms with Gasteiger partial charge in [-0.25, -0.2) is 17.5 Å². The molecule has 1 amide bonds. The van der Waals surface area contributed by atoms with Gasteiger partial charge in [0, 0.05) is 39.3 Å². The molecule has 1 aliphatic heterocycles. The van der Waals surface area contributed by atoms with Crippen molar-refractivity contribution in [3.05, 3.63) is 66.2 Å². The first kappa shape index (κ1) is 30.1. The third kappa shape index (κ3) is 8.55. The second-order valence-corrected chi connectivity index (χ2v) is 12.3.